The maximum absolute atomic E-state index is 12.1. The number of nitrogens with zero attached hydrogens (tertiary/aromatic N) is 1. The first kappa shape index (κ1) is 15.5. The van der Waals surface area contributed by atoms with Crippen molar-refractivity contribution in [2.24, 2.45) is 5.73 Å². The molecule has 0 saturated carbocycles. The van der Waals surface area contributed by atoms with Crippen LogP contribution in [0.5, 0.6) is 0 Å². The van der Waals surface area contributed by atoms with Crippen LogP contribution in [0.15, 0.2) is 12.1 Å². The number of hydrogen-bond donors (Lipinski definition) is 1. The Bertz CT molecular complexity index is 555. The Morgan fingerprint density at radius 2 is 2.14 bits per heavy atom. The molecular weight excluding hydrogens is 292 g/mol. The lowest BCUT2D eigenvalue weighted by Crippen LogP contribution is -2.51. The first-order valence-corrected chi connectivity index (χ1v) is 7.63. The van der Waals surface area contributed by atoms with Crippen LogP contribution in [0.2, 0.25) is 0 Å². The van der Waals surface area contributed by atoms with E-state index in [1.165, 1.54) is 16.2 Å². The largest absolute Gasteiger partial charge is 0.451 e. The summed E-state index contributed by atoms with van der Waals surface area (Å²) in [6, 6.07) is 2.89. The van der Waals surface area contributed by atoms with Crippen LogP contribution in [-0.4, -0.2) is 41.9 Å². The number of carbonyl (C=O) groups is 3. The molecule has 7 heteroatoms. The molecule has 2 heterocycles. The molecule has 1 aliphatic rings. The Morgan fingerprint density at radius 3 is 2.76 bits per heavy atom. The summed E-state index contributed by atoms with van der Waals surface area (Å²) in [5.74, 6) is -1.41. The molecule has 0 aliphatic carbocycles. The molecule has 1 atom stereocenters. The van der Waals surface area contributed by atoms with Gasteiger partial charge in [0.25, 0.3) is 5.91 Å². The number of esters is 1. The summed E-state index contributed by atoms with van der Waals surface area (Å²) >= 11 is 1.31. The van der Waals surface area contributed by atoms with Crippen LogP contribution in [-0.2, 0) is 14.3 Å². The number of ether oxygens (including phenoxy) is 1. The van der Waals surface area contributed by atoms with Crippen molar-refractivity contribution in [2.45, 2.75) is 32.2 Å². The molecule has 21 heavy (non-hydrogen) atoms. The van der Waals surface area contributed by atoms with Crippen LogP contribution in [0, 0.1) is 6.92 Å². The quantitative estimate of drug-likeness (QED) is 0.843. The summed E-state index contributed by atoms with van der Waals surface area (Å²) < 4.78 is 5.01. The van der Waals surface area contributed by atoms with Crippen LogP contribution in [0.1, 0.15) is 33.8 Å². The zero-order valence-electron chi connectivity index (χ0n) is 11.8. The number of piperidine rings is 1. The van der Waals surface area contributed by atoms with E-state index < -0.39 is 17.9 Å². The molecule has 0 spiro atoms. The van der Waals surface area contributed by atoms with Crippen molar-refractivity contribution < 1.29 is 19.1 Å². The van der Waals surface area contributed by atoms with Crippen LogP contribution in [0.25, 0.3) is 0 Å². The van der Waals surface area contributed by atoms with Gasteiger partial charge in [0.2, 0.25) is 5.91 Å². The topological polar surface area (TPSA) is 89.7 Å². The minimum absolute atomic E-state index is 0.362. The van der Waals surface area contributed by atoms with Gasteiger partial charge >= 0.3 is 5.97 Å². The first-order chi connectivity index (χ1) is 9.99. The third-order valence-corrected chi connectivity index (χ3v) is 4.40. The number of aryl methyl sites for hydroxylation is 1. The van der Waals surface area contributed by atoms with Gasteiger partial charge in [-0.25, -0.2) is 4.79 Å². The van der Waals surface area contributed by atoms with Crippen LogP contribution < -0.4 is 5.73 Å². The Kier molecular flexibility index (Phi) is 4.95. The fourth-order valence-electron chi connectivity index (χ4n) is 2.35. The van der Waals surface area contributed by atoms with Gasteiger partial charge in [-0.3, -0.25) is 9.59 Å². The maximum Gasteiger partial charge on any atom is 0.348 e. The summed E-state index contributed by atoms with van der Waals surface area (Å²) in [4.78, 5) is 38.1. The number of carbonyl (C=O) groups excluding carboxylic acids is 3. The zero-order chi connectivity index (χ0) is 15.4. The normalized spacial score (nSPS) is 18.3. The first-order valence-electron chi connectivity index (χ1n) is 6.81. The van der Waals surface area contributed by atoms with E-state index in [0.29, 0.717) is 17.8 Å². The molecule has 1 aliphatic heterocycles. The van der Waals surface area contributed by atoms with Crippen molar-refractivity contribution in [1.82, 2.24) is 4.90 Å². The maximum atomic E-state index is 12.1. The Labute approximate surface area is 126 Å². The van der Waals surface area contributed by atoms with Crippen LogP contribution >= 0.6 is 11.3 Å². The molecule has 2 N–H and O–H groups in total. The second-order valence-electron chi connectivity index (χ2n) is 4.99. The van der Waals surface area contributed by atoms with Gasteiger partial charge < -0.3 is 15.4 Å². The molecular formula is C14H18N2O4S. The van der Waals surface area contributed by atoms with E-state index in [4.69, 9.17) is 10.5 Å². The van der Waals surface area contributed by atoms with E-state index in [2.05, 4.69) is 0 Å². The highest BCUT2D eigenvalue weighted by atomic mass is 32.1. The highest BCUT2D eigenvalue weighted by Gasteiger charge is 2.31. The van der Waals surface area contributed by atoms with E-state index in [1.807, 2.05) is 13.0 Å². The number of hydrogen-bond acceptors (Lipinski definition) is 5. The third-order valence-electron chi connectivity index (χ3n) is 3.42. The third kappa shape index (κ3) is 3.81. The number of thiophene rings is 1. The highest BCUT2D eigenvalue weighted by molar-refractivity contribution is 7.13. The van der Waals surface area contributed by atoms with Gasteiger partial charge in [-0.15, -0.1) is 11.3 Å². The lowest BCUT2D eigenvalue weighted by atomic mass is 10.0. The standard InChI is InChI=1S/C14H18N2O4S/c1-9-5-6-11(21-9)14(19)20-8-12(17)16-7-3-2-4-10(16)13(15)18/h5-6,10H,2-4,7-8H2,1H3,(H2,15,18)/t10-/m0/s1. The number of nitrogens with two attached hydrogens (primary N) is 1. The van der Waals surface area contributed by atoms with Gasteiger partial charge in [-0.1, -0.05) is 0 Å². The Hall–Kier alpha value is -1.89. The fourth-order valence-corrected chi connectivity index (χ4v) is 3.11. The monoisotopic (exact) mass is 310 g/mol. The second-order valence-corrected chi connectivity index (χ2v) is 6.28. The highest BCUT2D eigenvalue weighted by Crippen LogP contribution is 2.18. The molecule has 0 radical (unpaired) electrons. The minimum atomic E-state index is -0.589. The van der Waals surface area contributed by atoms with Gasteiger partial charge in [0, 0.05) is 11.4 Å². The van der Waals surface area contributed by atoms with Crippen molar-refractivity contribution in [1.29, 1.82) is 0 Å². The fraction of sp³-hybridized carbons (Fsp3) is 0.500. The summed E-state index contributed by atoms with van der Waals surface area (Å²) in [6.07, 6.45) is 2.26. The average Bonchev–Trinajstić information content (AvgIpc) is 2.91. The predicted octanol–water partition coefficient (Wildman–Crippen LogP) is 1.08. The van der Waals surface area contributed by atoms with E-state index in [1.54, 1.807) is 6.07 Å². The van der Waals surface area contributed by atoms with Crippen molar-refractivity contribution in [3.05, 3.63) is 21.9 Å². The summed E-state index contributed by atoms with van der Waals surface area (Å²) in [5.41, 5.74) is 5.31. The minimum Gasteiger partial charge on any atom is -0.451 e. The van der Waals surface area contributed by atoms with Gasteiger partial charge in [0.1, 0.15) is 10.9 Å². The lowest BCUT2D eigenvalue weighted by molar-refractivity contribution is -0.143. The van der Waals surface area contributed by atoms with E-state index in [-0.39, 0.29) is 12.5 Å². The molecule has 1 aromatic rings. The molecule has 0 unspecified atom stereocenters. The van der Waals surface area contributed by atoms with Crippen molar-refractivity contribution in [2.75, 3.05) is 13.2 Å². The number of rotatable bonds is 4. The van der Waals surface area contributed by atoms with E-state index in [9.17, 15) is 14.4 Å². The van der Waals surface area contributed by atoms with Gasteiger partial charge in [0.15, 0.2) is 6.61 Å². The SMILES string of the molecule is Cc1ccc(C(=O)OCC(=O)N2CCCC[C@H]2C(N)=O)s1. The Morgan fingerprint density at radius 1 is 1.38 bits per heavy atom. The van der Waals surface area contributed by atoms with E-state index >= 15 is 0 Å². The summed E-state index contributed by atoms with van der Waals surface area (Å²) in [6.45, 7) is 2.00. The molecule has 1 fully saturated rings. The molecule has 0 bridgehead atoms. The van der Waals surface area contributed by atoms with Gasteiger partial charge in [-0.05, 0) is 38.3 Å². The molecule has 1 aromatic heterocycles. The summed E-state index contributed by atoms with van der Waals surface area (Å²) in [7, 11) is 0. The number of amides is 2. The molecule has 114 valence electrons. The molecule has 2 rings (SSSR count). The lowest BCUT2D eigenvalue weighted by Gasteiger charge is -2.33. The van der Waals surface area contributed by atoms with Crippen LogP contribution in [0.4, 0.5) is 0 Å². The Balaban J connectivity index is 1.91. The zero-order valence-corrected chi connectivity index (χ0v) is 12.6. The average molecular weight is 310 g/mol. The molecule has 2 amide bonds. The molecule has 0 aromatic carbocycles. The smallest absolute Gasteiger partial charge is 0.348 e. The number of likely N-dealkylation sites (tertiary alicyclic amines) is 1. The van der Waals surface area contributed by atoms with Gasteiger partial charge in [-0.2, -0.15) is 0 Å². The van der Waals surface area contributed by atoms with Crippen molar-refractivity contribution >= 4 is 29.1 Å². The summed E-state index contributed by atoms with van der Waals surface area (Å²) in [5, 5.41) is 0. The van der Waals surface area contributed by atoms with Crippen LogP contribution in [0.3, 0.4) is 0 Å². The second kappa shape index (κ2) is 6.71. The van der Waals surface area contributed by atoms with Crippen molar-refractivity contribution in [3.8, 4) is 0 Å². The van der Waals surface area contributed by atoms with Crippen molar-refractivity contribution in [3.63, 3.8) is 0 Å². The number of primary amides is 1. The molecule has 6 nitrogen and oxygen atoms in total. The van der Waals surface area contributed by atoms with E-state index in [0.717, 1.165) is 17.7 Å². The molecule has 1 saturated heterocycles. The predicted molar refractivity (Wildman–Crippen MR) is 77.9 cm³/mol. The van der Waals surface area contributed by atoms with Gasteiger partial charge in [0.05, 0.1) is 0 Å².